The van der Waals surface area contributed by atoms with Crippen LogP contribution in [0.3, 0.4) is 0 Å². The number of likely N-dealkylation sites (N-methyl/N-ethyl adjacent to an activating group) is 1. The summed E-state index contributed by atoms with van der Waals surface area (Å²) in [6, 6.07) is 10.6. The molecule has 0 radical (unpaired) electrons. The Hall–Kier alpha value is -3.98. The van der Waals surface area contributed by atoms with E-state index in [1.165, 1.54) is 0 Å². The molecule has 9 nitrogen and oxygen atoms in total. The second-order valence-electron chi connectivity index (χ2n) is 13.0. The van der Waals surface area contributed by atoms with Crippen molar-refractivity contribution < 1.29 is 9.59 Å². The van der Waals surface area contributed by atoms with E-state index in [0.717, 1.165) is 91.2 Å². The van der Waals surface area contributed by atoms with Gasteiger partial charge in [0.05, 0.1) is 5.41 Å². The van der Waals surface area contributed by atoms with E-state index in [-0.39, 0.29) is 23.9 Å². The number of aromatic amines is 1. The van der Waals surface area contributed by atoms with Crippen LogP contribution in [0, 0.1) is 20.8 Å². The summed E-state index contributed by atoms with van der Waals surface area (Å²) in [6.45, 7) is 16.6. The van der Waals surface area contributed by atoms with E-state index in [1.807, 2.05) is 46.0 Å². The van der Waals surface area contributed by atoms with Crippen molar-refractivity contribution in [2.45, 2.75) is 85.2 Å². The minimum Gasteiger partial charge on any atom is -0.356 e. The topological polar surface area (TPSA) is 110 Å². The Labute approximate surface area is 266 Å². The number of pyridine rings is 2. The van der Waals surface area contributed by atoms with Gasteiger partial charge < -0.3 is 20.5 Å². The Morgan fingerprint density at radius 3 is 2.29 bits per heavy atom. The van der Waals surface area contributed by atoms with Gasteiger partial charge in [-0.3, -0.25) is 19.3 Å². The lowest BCUT2D eigenvalue weighted by Crippen LogP contribution is -2.49. The van der Waals surface area contributed by atoms with Gasteiger partial charge in [-0.25, -0.2) is 4.98 Å². The lowest BCUT2D eigenvalue weighted by Gasteiger charge is -2.37. The largest absolute Gasteiger partial charge is 0.356 e. The van der Waals surface area contributed by atoms with Crippen LogP contribution >= 0.6 is 0 Å². The number of aryl methyl sites for hydroxylation is 2. The van der Waals surface area contributed by atoms with Crippen LogP contribution in [0.15, 0.2) is 41.3 Å². The van der Waals surface area contributed by atoms with Gasteiger partial charge in [-0.2, -0.15) is 0 Å². The van der Waals surface area contributed by atoms with Crippen molar-refractivity contribution in [1.29, 1.82) is 0 Å². The molecule has 0 unspecified atom stereocenters. The van der Waals surface area contributed by atoms with Crippen molar-refractivity contribution in [1.82, 2.24) is 25.5 Å². The molecule has 1 saturated carbocycles. The molecule has 3 heterocycles. The molecule has 2 aliphatic rings. The molecule has 2 aromatic heterocycles. The van der Waals surface area contributed by atoms with Crippen LogP contribution in [-0.4, -0.2) is 65.4 Å². The van der Waals surface area contributed by atoms with Gasteiger partial charge in [0.2, 0.25) is 5.91 Å². The number of H-pyrrole nitrogens is 1. The zero-order valence-electron chi connectivity index (χ0n) is 27.7. The smallest absolute Gasteiger partial charge is 0.253 e. The number of hydrogen-bond donors (Lipinski definition) is 3. The van der Waals surface area contributed by atoms with E-state index in [1.54, 1.807) is 0 Å². The molecule has 2 amide bonds. The number of rotatable bonds is 9. The average molecular weight is 613 g/mol. The summed E-state index contributed by atoms with van der Waals surface area (Å²) in [6.07, 6.45) is 5.27. The van der Waals surface area contributed by atoms with Crippen molar-refractivity contribution in [3.8, 4) is 11.1 Å². The number of amides is 2. The third-order valence-corrected chi connectivity index (χ3v) is 9.77. The minimum atomic E-state index is -0.695. The number of nitrogens with zero attached hydrogens (tertiary/aromatic N) is 3. The van der Waals surface area contributed by atoms with Gasteiger partial charge in [-0.1, -0.05) is 12.8 Å². The first-order valence-corrected chi connectivity index (χ1v) is 16.4. The monoisotopic (exact) mass is 612 g/mol. The highest BCUT2D eigenvalue weighted by molar-refractivity contribution is 5.99. The molecule has 3 N–H and O–H groups in total. The van der Waals surface area contributed by atoms with Crippen LogP contribution in [0.25, 0.3) is 11.1 Å². The molecule has 1 aliphatic heterocycles. The van der Waals surface area contributed by atoms with Crippen LogP contribution in [0.4, 0.5) is 5.82 Å². The molecule has 1 aliphatic carbocycles. The second-order valence-corrected chi connectivity index (χ2v) is 13.0. The fraction of sp³-hybridized carbons (Fsp3) is 0.500. The third-order valence-electron chi connectivity index (χ3n) is 9.77. The summed E-state index contributed by atoms with van der Waals surface area (Å²) in [4.78, 5) is 52.7. The van der Waals surface area contributed by atoms with Crippen LogP contribution in [0.1, 0.15) is 84.8 Å². The molecule has 0 atom stereocenters. The van der Waals surface area contributed by atoms with E-state index in [9.17, 15) is 14.4 Å². The lowest BCUT2D eigenvalue weighted by molar-refractivity contribution is -0.126. The van der Waals surface area contributed by atoms with Gasteiger partial charge in [0.25, 0.3) is 11.5 Å². The maximum absolute atomic E-state index is 13.9. The molecule has 240 valence electrons. The van der Waals surface area contributed by atoms with E-state index < -0.39 is 5.41 Å². The first-order valence-electron chi connectivity index (χ1n) is 16.4. The Morgan fingerprint density at radius 1 is 0.978 bits per heavy atom. The summed E-state index contributed by atoms with van der Waals surface area (Å²) in [5.41, 5.74) is 5.20. The van der Waals surface area contributed by atoms with Crippen LogP contribution < -0.4 is 21.1 Å². The molecular formula is C36H48N6O3. The molecule has 0 bridgehead atoms. The zero-order chi connectivity index (χ0) is 32.3. The molecule has 45 heavy (non-hydrogen) atoms. The molecule has 2 fully saturated rings. The number of benzene rings is 1. The Bertz CT molecular complexity index is 1600. The maximum Gasteiger partial charge on any atom is 0.253 e. The molecule has 0 spiro atoms. The predicted octanol–water partition coefficient (Wildman–Crippen LogP) is 4.77. The Morgan fingerprint density at radius 2 is 1.69 bits per heavy atom. The van der Waals surface area contributed by atoms with Gasteiger partial charge in [0, 0.05) is 73.9 Å². The quantitative estimate of drug-likeness (QED) is 0.321. The third kappa shape index (κ3) is 6.69. The second kappa shape index (κ2) is 13.6. The Kier molecular flexibility index (Phi) is 9.77. The summed E-state index contributed by atoms with van der Waals surface area (Å²) >= 11 is 0. The van der Waals surface area contributed by atoms with E-state index in [2.05, 4.69) is 57.5 Å². The average Bonchev–Trinajstić information content (AvgIpc) is 3.52. The summed E-state index contributed by atoms with van der Waals surface area (Å²) in [7, 11) is 0. The van der Waals surface area contributed by atoms with Gasteiger partial charge in [0.1, 0.15) is 5.82 Å². The summed E-state index contributed by atoms with van der Waals surface area (Å²) in [5, 5.41) is 6.08. The van der Waals surface area contributed by atoms with Crippen LogP contribution in [0.2, 0.25) is 0 Å². The highest BCUT2D eigenvalue weighted by atomic mass is 16.2. The van der Waals surface area contributed by atoms with Crippen molar-refractivity contribution in [2.24, 2.45) is 0 Å². The number of hydrogen-bond acceptors (Lipinski definition) is 6. The van der Waals surface area contributed by atoms with E-state index >= 15 is 0 Å². The van der Waals surface area contributed by atoms with Gasteiger partial charge in [-0.05, 0) is 107 Å². The molecular weight excluding hydrogens is 564 g/mol. The summed E-state index contributed by atoms with van der Waals surface area (Å²) < 4.78 is 0. The molecule has 3 aromatic rings. The number of aromatic nitrogens is 2. The SMILES string of the molecule is CCNC(=O)C1(c2cc(-c3ccc(N4CCN(C(C)C)CC4)nc3)cc(C(=O)NCc3c(C)cc(C)[nH]c3=O)c2C)CCCC1. The van der Waals surface area contributed by atoms with Crippen molar-refractivity contribution in [3.63, 3.8) is 0 Å². The van der Waals surface area contributed by atoms with Crippen LogP contribution in [-0.2, 0) is 16.8 Å². The van der Waals surface area contributed by atoms with E-state index in [4.69, 9.17) is 4.98 Å². The van der Waals surface area contributed by atoms with Crippen molar-refractivity contribution in [2.75, 3.05) is 37.6 Å². The highest BCUT2D eigenvalue weighted by Gasteiger charge is 2.44. The van der Waals surface area contributed by atoms with Gasteiger partial charge in [-0.15, -0.1) is 0 Å². The fourth-order valence-electron chi connectivity index (χ4n) is 7.12. The number of nitrogens with one attached hydrogen (secondary N) is 3. The maximum atomic E-state index is 13.9. The van der Waals surface area contributed by atoms with Gasteiger partial charge >= 0.3 is 0 Å². The highest BCUT2D eigenvalue weighted by Crippen LogP contribution is 2.45. The van der Waals surface area contributed by atoms with Crippen LogP contribution in [0.5, 0.6) is 0 Å². The normalized spacial score (nSPS) is 16.6. The number of carbonyl (C=O) groups excluding carboxylic acids is 2. The number of anilines is 1. The van der Waals surface area contributed by atoms with Crippen molar-refractivity contribution in [3.05, 3.63) is 80.4 Å². The molecule has 1 aromatic carbocycles. The molecule has 5 rings (SSSR count). The lowest BCUT2D eigenvalue weighted by atomic mass is 9.74. The first-order chi connectivity index (χ1) is 21.5. The molecule has 1 saturated heterocycles. The van der Waals surface area contributed by atoms with E-state index in [0.29, 0.717) is 23.7 Å². The first kappa shape index (κ1) is 32.4. The summed E-state index contributed by atoms with van der Waals surface area (Å²) in [5.74, 6) is 0.692. The van der Waals surface area contributed by atoms with Gasteiger partial charge in [0.15, 0.2) is 0 Å². The Balaban J connectivity index is 1.51. The van der Waals surface area contributed by atoms with Crippen molar-refractivity contribution >= 4 is 17.6 Å². The zero-order valence-corrected chi connectivity index (χ0v) is 27.7. The number of carbonyl (C=O) groups is 2. The molecule has 9 heteroatoms. The fourth-order valence-corrected chi connectivity index (χ4v) is 7.12. The number of piperazine rings is 1. The predicted molar refractivity (Wildman–Crippen MR) is 180 cm³/mol. The standard InChI is InChI=1S/C36H48N6O3/c1-7-37-35(45)36(12-8-9-13-36)31-20-28(27-10-11-32(38-21-27)42-16-14-41(15-17-42)23(2)3)19-29(26(31)6)33(43)39-22-30-24(4)18-25(5)40-34(30)44/h10-11,18-21,23H,7-9,12-17,22H2,1-6H3,(H,37,45)(H,39,43)(H,40,44). The minimum absolute atomic E-state index is 0.0185.